The Kier molecular flexibility index (Phi) is 6.01. The molecule has 0 aliphatic heterocycles. The molecular weight excluding hydrogens is 395 g/mol. The number of fused-ring (bicyclic) bond motifs is 2. The first kappa shape index (κ1) is 21.0. The molecule has 0 atom stereocenters. The molecule has 164 valence electrons. The van der Waals surface area contributed by atoms with Crippen molar-refractivity contribution in [2.75, 3.05) is 24.7 Å². The molecule has 0 radical (unpaired) electrons. The van der Waals surface area contributed by atoms with Gasteiger partial charge in [-0.25, -0.2) is 18.4 Å². The number of anilines is 2. The lowest BCUT2D eigenvalue weighted by Gasteiger charge is -2.22. The van der Waals surface area contributed by atoms with E-state index >= 15 is 0 Å². The largest absolute Gasteiger partial charge is 0.371 e. The molecule has 2 N–H and O–H groups in total. The van der Waals surface area contributed by atoms with Gasteiger partial charge in [-0.3, -0.25) is 0 Å². The summed E-state index contributed by atoms with van der Waals surface area (Å²) in [4.78, 5) is 8.46. The van der Waals surface area contributed by atoms with Gasteiger partial charge >= 0.3 is 0 Å². The van der Waals surface area contributed by atoms with Crippen LogP contribution in [0.3, 0.4) is 0 Å². The molecule has 1 saturated carbocycles. The summed E-state index contributed by atoms with van der Waals surface area (Å²) >= 11 is 0. The highest BCUT2D eigenvalue weighted by atomic mass is 19.1. The molecule has 0 spiro atoms. The smallest absolute Gasteiger partial charge is 0.242 e. The first-order chi connectivity index (χ1) is 15.0. The summed E-state index contributed by atoms with van der Waals surface area (Å²) in [6.07, 6.45) is 10.6. The molecular formula is C22H29FN8. The van der Waals surface area contributed by atoms with Gasteiger partial charge in [-0.1, -0.05) is 39.5 Å². The van der Waals surface area contributed by atoms with Crippen LogP contribution in [0.4, 0.5) is 16.2 Å². The summed E-state index contributed by atoms with van der Waals surface area (Å²) in [6.45, 7) is 4.73. The Morgan fingerprint density at radius 2 is 1.68 bits per heavy atom. The molecule has 4 aromatic heterocycles. The third kappa shape index (κ3) is 4.30. The molecule has 1 aliphatic rings. The summed E-state index contributed by atoms with van der Waals surface area (Å²) in [6, 6.07) is 3.51. The molecule has 0 saturated heterocycles. The highest BCUT2D eigenvalue weighted by molar-refractivity contribution is 5.88. The van der Waals surface area contributed by atoms with Crippen LogP contribution < -0.4 is 10.6 Å². The molecule has 31 heavy (non-hydrogen) atoms. The van der Waals surface area contributed by atoms with E-state index < -0.39 is 5.82 Å². The van der Waals surface area contributed by atoms with Crippen LogP contribution in [0.15, 0.2) is 30.7 Å². The maximum atomic E-state index is 14.6. The molecule has 0 bridgehead atoms. The van der Waals surface area contributed by atoms with E-state index in [2.05, 4.69) is 44.6 Å². The lowest BCUT2D eigenvalue weighted by molar-refractivity contribution is 0.308. The average Bonchev–Trinajstić information content (AvgIpc) is 3.38. The molecule has 4 heterocycles. The van der Waals surface area contributed by atoms with Crippen LogP contribution >= 0.6 is 0 Å². The third-order valence-corrected chi connectivity index (χ3v) is 5.86. The summed E-state index contributed by atoms with van der Waals surface area (Å²) in [7, 11) is 3.43. The highest BCUT2D eigenvalue weighted by Gasteiger charge is 2.20. The van der Waals surface area contributed by atoms with Crippen LogP contribution in [0.5, 0.6) is 0 Å². The van der Waals surface area contributed by atoms with Crippen LogP contribution in [0.25, 0.3) is 22.4 Å². The van der Waals surface area contributed by atoms with E-state index in [-0.39, 0.29) is 0 Å². The number of aromatic nitrogens is 6. The summed E-state index contributed by atoms with van der Waals surface area (Å²) in [5.41, 5.74) is 2.04. The minimum Gasteiger partial charge on any atom is -0.371 e. The number of nitrogens with one attached hydrogen (secondary N) is 2. The van der Waals surface area contributed by atoms with E-state index in [0.29, 0.717) is 34.2 Å². The summed E-state index contributed by atoms with van der Waals surface area (Å²) < 4.78 is 17.6. The van der Waals surface area contributed by atoms with Gasteiger partial charge in [-0.2, -0.15) is 10.1 Å². The zero-order chi connectivity index (χ0) is 22.0. The van der Waals surface area contributed by atoms with Gasteiger partial charge in [0.2, 0.25) is 5.95 Å². The number of nitrogens with zero attached hydrogens (tertiary/aromatic N) is 6. The van der Waals surface area contributed by atoms with E-state index in [4.69, 9.17) is 0 Å². The normalized spacial score (nSPS) is 18.6. The number of imidazole rings is 1. The maximum Gasteiger partial charge on any atom is 0.242 e. The molecule has 5 rings (SSSR count). The molecule has 0 aromatic carbocycles. The van der Waals surface area contributed by atoms with Crippen molar-refractivity contribution in [2.24, 2.45) is 11.8 Å². The molecule has 1 fully saturated rings. The van der Waals surface area contributed by atoms with Crippen molar-refractivity contribution in [1.82, 2.24) is 29.2 Å². The average molecular weight is 425 g/mol. The Balaban J connectivity index is 0.000000245. The number of halogens is 1. The van der Waals surface area contributed by atoms with Crippen LogP contribution in [0.1, 0.15) is 39.5 Å². The Morgan fingerprint density at radius 1 is 0.968 bits per heavy atom. The van der Waals surface area contributed by atoms with Gasteiger partial charge in [0.1, 0.15) is 5.52 Å². The fourth-order valence-electron chi connectivity index (χ4n) is 3.95. The van der Waals surface area contributed by atoms with Crippen molar-refractivity contribution >= 4 is 22.9 Å². The van der Waals surface area contributed by atoms with Gasteiger partial charge in [-0.05, 0) is 24.0 Å². The predicted molar refractivity (Wildman–Crippen MR) is 121 cm³/mol. The Morgan fingerprint density at radius 3 is 2.32 bits per heavy atom. The lowest BCUT2D eigenvalue weighted by Crippen LogP contribution is -2.08. The minimum atomic E-state index is -0.420. The first-order valence-electron chi connectivity index (χ1n) is 10.7. The molecule has 1 aliphatic carbocycles. The lowest BCUT2D eigenvalue weighted by atomic mass is 9.84. The standard InChI is InChI=1S/C14H13FN8.C8H16/c1-16-13-12-11(8(15)7-23(12)21-14(17-2)19-13)9-3-4-10-18-5-6-22(10)20-9;1-7-3-5-8(2)6-4-7/h3-7H,1-2H3,(H2,16,17,19,21);7-8H,3-6H2,1-2H3. The van der Waals surface area contributed by atoms with E-state index in [1.807, 2.05) is 0 Å². The van der Waals surface area contributed by atoms with E-state index in [9.17, 15) is 4.39 Å². The predicted octanol–water partition coefficient (Wildman–Crippen LogP) is 4.49. The van der Waals surface area contributed by atoms with Crippen LogP contribution in [0, 0.1) is 17.7 Å². The van der Waals surface area contributed by atoms with Gasteiger partial charge in [0.15, 0.2) is 17.3 Å². The SMILES string of the molecule is CC1CCC(C)CC1.CNc1nc(NC)c2c(-c3ccc4nccn4n3)c(F)cn2n1. The fraction of sp³-hybridized carbons (Fsp3) is 0.455. The van der Waals surface area contributed by atoms with E-state index in [1.165, 1.54) is 36.4 Å². The van der Waals surface area contributed by atoms with Crippen molar-refractivity contribution in [3.05, 3.63) is 36.5 Å². The Labute approximate surface area is 180 Å². The topological polar surface area (TPSA) is 84.4 Å². The van der Waals surface area contributed by atoms with Crippen LogP contribution in [0.2, 0.25) is 0 Å². The van der Waals surface area contributed by atoms with Gasteiger partial charge in [0.25, 0.3) is 0 Å². The van der Waals surface area contributed by atoms with Gasteiger partial charge in [-0.15, -0.1) is 5.10 Å². The molecule has 8 nitrogen and oxygen atoms in total. The number of hydrogen-bond acceptors (Lipinski definition) is 6. The van der Waals surface area contributed by atoms with Crippen molar-refractivity contribution in [3.63, 3.8) is 0 Å². The monoisotopic (exact) mass is 424 g/mol. The van der Waals surface area contributed by atoms with Crippen molar-refractivity contribution in [2.45, 2.75) is 39.5 Å². The zero-order valence-electron chi connectivity index (χ0n) is 18.4. The van der Waals surface area contributed by atoms with Gasteiger partial charge in [0.05, 0.1) is 17.5 Å². The molecule has 0 amide bonds. The van der Waals surface area contributed by atoms with Crippen molar-refractivity contribution < 1.29 is 4.39 Å². The summed E-state index contributed by atoms with van der Waals surface area (Å²) in [5.74, 6) is 2.52. The first-order valence-corrected chi connectivity index (χ1v) is 10.7. The molecule has 0 unspecified atom stereocenters. The third-order valence-electron chi connectivity index (χ3n) is 5.86. The van der Waals surface area contributed by atoms with Crippen molar-refractivity contribution in [3.8, 4) is 11.3 Å². The molecule has 9 heteroatoms. The van der Waals surface area contributed by atoms with E-state index in [0.717, 1.165) is 11.8 Å². The van der Waals surface area contributed by atoms with Gasteiger partial charge < -0.3 is 10.6 Å². The van der Waals surface area contributed by atoms with Gasteiger partial charge in [0, 0.05) is 26.5 Å². The fourth-order valence-corrected chi connectivity index (χ4v) is 3.95. The second-order valence-electron chi connectivity index (χ2n) is 8.24. The van der Waals surface area contributed by atoms with Crippen molar-refractivity contribution in [1.29, 1.82) is 0 Å². The second kappa shape index (κ2) is 8.87. The number of rotatable bonds is 3. The summed E-state index contributed by atoms with van der Waals surface area (Å²) in [5, 5.41) is 14.5. The van der Waals surface area contributed by atoms with E-state index in [1.54, 1.807) is 43.1 Å². The van der Waals surface area contributed by atoms with Crippen LogP contribution in [-0.2, 0) is 0 Å². The zero-order valence-corrected chi connectivity index (χ0v) is 18.4. The Bertz CT molecular complexity index is 1160. The highest BCUT2D eigenvalue weighted by Crippen LogP contribution is 2.31. The molecule has 4 aromatic rings. The van der Waals surface area contributed by atoms with Crippen LogP contribution in [-0.4, -0.2) is 43.3 Å². The number of hydrogen-bond donors (Lipinski definition) is 2. The Hall–Kier alpha value is -3.23. The second-order valence-corrected chi connectivity index (χ2v) is 8.24. The minimum absolute atomic E-state index is 0.340. The quantitative estimate of drug-likeness (QED) is 0.504. The maximum absolute atomic E-state index is 14.6.